The summed E-state index contributed by atoms with van der Waals surface area (Å²) in [5.74, 6) is -2.41. The Balaban J connectivity index is 1.42. The van der Waals surface area contributed by atoms with Crippen LogP contribution in [-0.4, -0.2) is 55.4 Å². The average molecular weight is 601 g/mol. The molecule has 1 aliphatic heterocycles. The monoisotopic (exact) mass is 600 g/mol. The van der Waals surface area contributed by atoms with Gasteiger partial charge in [-0.15, -0.1) is 0 Å². The number of hydrogen-bond acceptors (Lipinski definition) is 7. The number of oxazole rings is 1. The Morgan fingerprint density at radius 1 is 1.07 bits per heavy atom. The molecule has 0 unspecified atom stereocenters. The van der Waals surface area contributed by atoms with Crippen molar-refractivity contribution in [2.24, 2.45) is 5.92 Å². The van der Waals surface area contributed by atoms with Crippen molar-refractivity contribution in [2.45, 2.75) is 93.9 Å². The molecule has 6 rings (SSSR count). The molecule has 8 nitrogen and oxygen atoms in total. The van der Waals surface area contributed by atoms with Gasteiger partial charge in [0.25, 0.3) is 0 Å². The van der Waals surface area contributed by atoms with E-state index in [2.05, 4.69) is 11.4 Å². The van der Waals surface area contributed by atoms with Crippen LogP contribution in [0, 0.1) is 17.2 Å². The maximum absolute atomic E-state index is 14.2. The highest BCUT2D eigenvalue weighted by Crippen LogP contribution is 2.50. The van der Waals surface area contributed by atoms with Crippen molar-refractivity contribution >= 4 is 21.4 Å². The van der Waals surface area contributed by atoms with Gasteiger partial charge in [-0.3, -0.25) is 4.79 Å². The Hall–Kier alpha value is -3.00. The number of carbonyl (C=O) groups is 1. The number of nitriles is 1. The van der Waals surface area contributed by atoms with E-state index in [1.165, 1.54) is 0 Å². The lowest BCUT2D eigenvalue weighted by Crippen LogP contribution is -2.42. The fraction of sp³-hybridized carbons (Fsp3) is 0.645. The highest BCUT2D eigenvalue weighted by Gasteiger charge is 2.49. The van der Waals surface area contributed by atoms with Gasteiger partial charge < -0.3 is 14.6 Å². The normalized spacial score (nSPS) is 27.5. The number of alkyl halides is 2. The van der Waals surface area contributed by atoms with Crippen LogP contribution in [0.1, 0.15) is 88.7 Å². The summed E-state index contributed by atoms with van der Waals surface area (Å²) in [6.45, 7) is 2.64. The van der Waals surface area contributed by atoms with Crippen LogP contribution in [0.3, 0.4) is 0 Å². The number of rotatable bonds is 6. The largest absolute Gasteiger partial charge is 0.444 e. The lowest BCUT2D eigenvalue weighted by molar-refractivity contribution is -0.127. The van der Waals surface area contributed by atoms with E-state index in [-0.39, 0.29) is 49.0 Å². The van der Waals surface area contributed by atoms with Gasteiger partial charge in [-0.25, -0.2) is 22.2 Å². The number of nitrogens with one attached hydrogen (secondary N) is 1. The van der Waals surface area contributed by atoms with Crippen LogP contribution in [0.15, 0.2) is 28.7 Å². The third-order valence-corrected chi connectivity index (χ3v) is 11.5. The number of aromatic nitrogens is 1. The Kier molecular flexibility index (Phi) is 7.35. The lowest BCUT2D eigenvalue weighted by Gasteiger charge is -2.34. The number of benzene rings is 1. The first-order valence-corrected chi connectivity index (χ1v) is 16.9. The summed E-state index contributed by atoms with van der Waals surface area (Å²) in [6, 6.07) is 9.93. The molecule has 2 atom stereocenters. The second-order valence-corrected chi connectivity index (χ2v) is 15.3. The minimum Gasteiger partial charge on any atom is -0.444 e. The van der Waals surface area contributed by atoms with Crippen LogP contribution in [-0.2, 0) is 20.0 Å². The minimum absolute atomic E-state index is 0.0655. The highest BCUT2D eigenvalue weighted by atomic mass is 32.2. The molecule has 1 N–H and O–H groups in total. The van der Waals surface area contributed by atoms with E-state index in [0.29, 0.717) is 56.1 Å². The maximum atomic E-state index is 14.2. The van der Waals surface area contributed by atoms with Gasteiger partial charge in [0.1, 0.15) is 17.0 Å². The quantitative estimate of drug-likeness (QED) is 0.466. The van der Waals surface area contributed by atoms with Gasteiger partial charge in [-0.1, -0.05) is 38.0 Å². The number of hydrogen-bond donors (Lipinski definition) is 1. The summed E-state index contributed by atoms with van der Waals surface area (Å²) in [5, 5.41) is 12.6. The molecule has 4 fully saturated rings. The molecule has 0 radical (unpaired) electrons. The van der Waals surface area contributed by atoms with Gasteiger partial charge in [-0.05, 0) is 44.6 Å². The summed E-state index contributed by atoms with van der Waals surface area (Å²) in [4.78, 5) is 20.7. The van der Waals surface area contributed by atoms with Crippen molar-refractivity contribution in [2.75, 3.05) is 29.5 Å². The van der Waals surface area contributed by atoms with Crippen molar-refractivity contribution in [1.29, 1.82) is 5.26 Å². The van der Waals surface area contributed by atoms with Gasteiger partial charge in [0.05, 0.1) is 17.6 Å². The molecule has 1 saturated heterocycles. The van der Waals surface area contributed by atoms with Crippen LogP contribution in [0.25, 0.3) is 11.3 Å². The second kappa shape index (κ2) is 10.6. The standard InChI is InChI=1S/C31H38F2N4O4S/c1-29(10-14-31(32,33)15-11-29)28-35-25(23-8-4-5-9-24(23)37-16-18-42(39,40)19-17-37)26(41-28)21-6-2-3-7-22(21)27(38)36-30(20-34)12-13-30/h4-5,8-9,21-22H,2-3,6-7,10-19H2,1H3,(H,36,38)/t21-,22-/m1/s1. The van der Waals surface area contributed by atoms with Crippen LogP contribution in [0.5, 0.6) is 0 Å². The molecular weight excluding hydrogens is 562 g/mol. The molecule has 226 valence electrons. The molecule has 11 heteroatoms. The minimum atomic E-state index is -3.09. The molecule has 42 heavy (non-hydrogen) atoms. The van der Waals surface area contributed by atoms with E-state index >= 15 is 0 Å². The van der Waals surface area contributed by atoms with Crippen LogP contribution >= 0.6 is 0 Å². The van der Waals surface area contributed by atoms with Gasteiger partial charge in [0, 0.05) is 54.4 Å². The second-order valence-electron chi connectivity index (χ2n) is 13.0. The molecule has 2 aromatic rings. The molecule has 4 aliphatic rings. The van der Waals surface area contributed by atoms with Gasteiger partial charge in [0.15, 0.2) is 9.84 Å². The predicted octanol–water partition coefficient (Wildman–Crippen LogP) is 5.49. The number of carbonyl (C=O) groups excluding carboxylic acids is 1. The van der Waals surface area contributed by atoms with E-state index < -0.39 is 32.6 Å². The molecule has 2 heterocycles. The molecule has 0 spiro atoms. The Bertz CT molecular complexity index is 1490. The first kappa shape index (κ1) is 29.1. The molecule has 1 aromatic heterocycles. The van der Waals surface area contributed by atoms with E-state index in [9.17, 15) is 27.3 Å². The number of halogens is 2. The van der Waals surface area contributed by atoms with Gasteiger partial charge >= 0.3 is 0 Å². The van der Waals surface area contributed by atoms with E-state index in [1.54, 1.807) is 0 Å². The molecule has 3 saturated carbocycles. The summed E-state index contributed by atoms with van der Waals surface area (Å²) in [6.07, 6.45) is 4.45. The third kappa shape index (κ3) is 5.67. The number of amides is 1. The number of nitrogens with zero attached hydrogens (tertiary/aromatic N) is 3. The summed E-state index contributed by atoms with van der Waals surface area (Å²) in [5.41, 5.74) is 0.766. The van der Waals surface area contributed by atoms with Crippen molar-refractivity contribution in [3.8, 4) is 17.3 Å². The molecular formula is C31H38F2N4O4S. The van der Waals surface area contributed by atoms with Gasteiger partial charge in [-0.2, -0.15) is 5.26 Å². The topological polar surface area (TPSA) is 116 Å². The van der Waals surface area contributed by atoms with E-state index in [4.69, 9.17) is 9.40 Å². The predicted molar refractivity (Wildman–Crippen MR) is 154 cm³/mol. The number of anilines is 1. The van der Waals surface area contributed by atoms with Crippen LogP contribution in [0.2, 0.25) is 0 Å². The fourth-order valence-electron chi connectivity index (χ4n) is 6.80. The third-order valence-electron chi connectivity index (χ3n) is 9.87. The van der Waals surface area contributed by atoms with Crippen molar-refractivity contribution < 1.29 is 26.4 Å². The van der Waals surface area contributed by atoms with Crippen molar-refractivity contribution in [3.05, 3.63) is 35.9 Å². The zero-order valence-electron chi connectivity index (χ0n) is 24.0. The SMILES string of the molecule is CC1(c2nc(-c3ccccc3N3CCS(=O)(=O)CC3)c([C@@H]3CCCC[C@H]3C(=O)NC3(C#N)CC3)o2)CCC(F)(F)CC1. The Morgan fingerprint density at radius 2 is 1.74 bits per heavy atom. The smallest absolute Gasteiger partial charge is 0.248 e. The Morgan fingerprint density at radius 3 is 2.40 bits per heavy atom. The number of para-hydroxylation sites is 1. The average Bonchev–Trinajstić information content (AvgIpc) is 3.60. The van der Waals surface area contributed by atoms with Crippen LogP contribution in [0.4, 0.5) is 14.5 Å². The van der Waals surface area contributed by atoms with Gasteiger partial charge in [0.2, 0.25) is 17.7 Å². The highest BCUT2D eigenvalue weighted by molar-refractivity contribution is 7.91. The van der Waals surface area contributed by atoms with E-state index in [1.807, 2.05) is 36.1 Å². The maximum Gasteiger partial charge on any atom is 0.248 e. The summed E-state index contributed by atoms with van der Waals surface area (Å²) < 4.78 is 59.3. The summed E-state index contributed by atoms with van der Waals surface area (Å²) in [7, 11) is -3.09. The first-order valence-electron chi connectivity index (χ1n) is 15.1. The van der Waals surface area contributed by atoms with E-state index in [0.717, 1.165) is 24.1 Å². The molecule has 1 aromatic carbocycles. The zero-order valence-corrected chi connectivity index (χ0v) is 24.8. The van der Waals surface area contributed by atoms with Crippen molar-refractivity contribution in [1.82, 2.24) is 10.3 Å². The fourth-order valence-corrected chi connectivity index (χ4v) is 8.00. The summed E-state index contributed by atoms with van der Waals surface area (Å²) >= 11 is 0. The van der Waals surface area contributed by atoms with Crippen molar-refractivity contribution in [3.63, 3.8) is 0 Å². The lowest BCUT2D eigenvalue weighted by atomic mass is 9.74. The molecule has 1 amide bonds. The Labute approximate surface area is 245 Å². The first-order chi connectivity index (χ1) is 19.9. The van der Waals surface area contributed by atoms with Crippen LogP contribution < -0.4 is 10.2 Å². The zero-order chi connectivity index (χ0) is 29.8. The molecule has 3 aliphatic carbocycles. The number of sulfone groups is 1. The molecule has 0 bridgehead atoms.